The average molecular weight is 295 g/mol. The maximum absolute atomic E-state index is 11.8. The molecule has 0 radical (unpaired) electrons. The Bertz CT molecular complexity index is 450. The number of nitrogens with one attached hydrogen (secondary N) is 1. The minimum atomic E-state index is -0.0180. The lowest BCUT2D eigenvalue weighted by atomic mass is 10.2. The van der Waals surface area contributed by atoms with Gasteiger partial charge in [-0.05, 0) is 30.9 Å². The highest BCUT2D eigenvalue weighted by Gasteiger charge is 2.13. The highest BCUT2D eigenvalue weighted by molar-refractivity contribution is 7.99. The van der Waals surface area contributed by atoms with E-state index in [2.05, 4.69) is 15.2 Å². The van der Waals surface area contributed by atoms with Crippen LogP contribution in [0.1, 0.15) is 12.5 Å². The molecule has 1 saturated heterocycles. The van der Waals surface area contributed by atoms with Crippen LogP contribution in [-0.2, 0) is 16.1 Å². The molecular weight excluding hydrogens is 274 g/mol. The highest BCUT2D eigenvalue weighted by Crippen LogP contribution is 2.14. The standard InChI is InChI=1S/C14H21N3O2S/c1-11(20-2)14(18)16-10-12-3-4-15-13(9-12)17-5-7-19-8-6-17/h3-4,9,11H,5-8,10H2,1-2H3,(H,16,18). The van der Waals surface area contributed by atoms with Gasteiger partial charge in [-0.1, -0.05) is 0 Å². The minimum Gasteiger partial charge on any atom is -0.378 e. The van der Waals surface area contributed by atoms with Crippen molar-refractivity contribution in [2.75, 3.05) is 37.5 Å². The molecule has 5 nitrogen and oxygen atoms in total. The second-order valence-corrected chi connectivity index (χ2v) is 5.90. The summed E-state index contributed by atoms with van der Waals surface area (Å²) in [5, 5.41) is 2.93. The van der Waals surface area contributed by atoms with Gasteiger partial charge >= 0.3 is 0 Å². The molecule has 20 heavy (non-hydrogen) atoms. The first kappa shape index (κ1) is 15.1. The SMILES string of the molecule is CSC(C)C(=O)NCc1ccnc(N2CCOCC2)c1. The van der Waals surface area contributed by atoms with Crippen LogP contribution in [-0.4, -0.2) is 48.7 Å². The Kier molecular flexibility index (Phi) is 5.67. The summed E-state index contributed by atoms with van der Waals surface area (Å²) in [7, 11) is 0. The molecule has 1 atom stereocenters. The van der Waals surface area contributed by atoms with Crippen molar-refractivity contribution in [3.05, 3.63) is 23.9 Å². The van der Waals surface area contributed by atoms with E-state index in [1.165, 1.54) is 0 Å². The van der Waals surface area contributed by atoms with Gasteiger partial charge < -0.3 is 15.0 Å². The Morgan fingerprint density at radius 3 is 3.00 bits per heavy atom. The van der Waals surface area contributed by atoms with Crippen LogP contribution in [0.25, 0.3) is 0 Å². The number of hydrogen-bond acceptors (Lipinski definition) is 5. The molecular formula is C14H21N3O2S. The lowest BCUT2D eigenvalue weighted by Crippen LogP contribution is -2.36. The van der Waals surface area contributed by atoms with Crippen LogP contribution >= 0.6 is 11.8 Å². The second-order valence-electron chi connectivity index (χ2n) is 4.72. The number of pyridine rings is 1. The molecule has 0 bridgehead atoms. The number of rotatable bonds is 5. The van der Waals surface area contributed by atoms with E-state index in [0.29, 0.717) is 6.54 Å². The summed E-state index contributed by atoms with van der Waals surface area (Å²) in [6, 6.07) is 3.98. The maximum Gasteiger partial charge on any atom is 0.233 e. The van der Waals surface area contributed by atoms with E-state index >= 15 is 0 Å². The van der Waals surface area contributed by atoms with Crippen molar-refractivity contribution < 1.29 is 9.53 Å². The zero-order valence-corrected chi connectivity index (χ0v) is 12.8. The fraction of sp³-hybridized carbons (Fsp3) is 0.571. The Labute approximate surface area is 124 Å². The Balaban J connectivity index is 1.93. The van der Waals surface area contributed by atoms with Crippen LogP contribution in [0.15, 0.2) is 18.3 Å². The summed E-state index contributed by atoms with van der Waals surface area (Å²) in [6.07, 6.45) is 3.73. The number of nitrogens with zero attached hydrogens (tertiary/aromatic N) is 2. The second kappa shape index (κ2) is 7.50. The molecule has 2 heterocycles. The first-order valence-corrected chi connectivity index (χ1v) is 8.07. The van der Waals surface area contributed by atoms with Gasteiger partial charge in [0, 0.05) is 25.8 Å². The molecule has 1 aromatic rings. The third-order valence-electron chi connectivity index (χ3n) is 3.33. The molecule has 2 rings (SSSR count). The van der Waals surface area contributed by atoms with Crippen LogP contribution in [0, 0.1) is 0 Å². The Morgan fingerprint density at radius 1 is 1.55 bits per heavy atom. The normalized spacial score (nSPS) is 16.8. The molecule has 1 unspecified atom stereocenters. The summed E-state index contributed by atoms with van der Waals surface area (Å²) in [5.74, 6) is 1.03. The van der Waals surface area contributed by atoms with E-state index in [0.717, 1.165) is 37.7 Å². The quantitative estimate of drug-likeness (QED) is 0.887. The highest BCUT2D eigenvalue weighted by atomic mass is 32.2. The van der Waals surface area contributed by atoms with E-state index in [-0.39, 0.29) is 11.2 Å². The third-order valence-corrected chi connectivity index (χ3v) is 4.26. The van der Waals surface area contributed by atoms with Crippen LogP contribution < -0.4 is 10.2 Å². The summed E-state index contributed by atoms with van der Waals surface area (Å²) in [5.41, 5.74) is 1.07. The smallest absolute Gasteiger partial charge is 0.233 e. The Hall–Kier alpha value is -1.27. The van der Waals surface area contributed by atoms with Crippen molar-refractivity contribution in [3.63, 3.8) is 0 Å². The molecule has 0 saturated carbocycles. The Morgan fingerprint density at radius 2 is 2.30 bits per heavy atom. The predicted molar refractivity (Wildman–Crippen MR) is 82.1 cm³/mol. The van der Waals surface area contributed by atoms with Gasteiger partial charge in [0.15, 0.2) is 0 Å². The summed E-state index contributed by atoms with van der Waals surface area (Å²) in [4.78, 5) is 18.4. The van der Waals surface area contributed by atoms with E-state index in [1.54, 1.807) is 18.0 Å². The van der Waals surface area contributed by atoms with Gasteiger partial charge in [0.1, 0.15) is 5.82 Å². The fourth-order valence-corrected chi connectivity index (χ4v) is 2.27. The van der Waals surface area contributed by atoms with E-state index in [4.69, 9.17) is 4.74 Å². The van der Waals surface area contributed by atoms with Crippen molar-refractivity contribution in [1.82, 2.24) is 10.3 Å². The van der Waals surface area contributed by atoms with Gasteiger partial charge in [0.2, 0.25) is 5.91 Å². The first-order chi connectivity index (χ1) is 9.70. The monoisotopic (exact) mass is 295 g/mol. The number of carbonyl (C=O) groups excluding carboxylic acids is 1. The van der Waals surface area contributed by atoms with Gasteiger partial charge in [-0.2, -0.15) is 11.8 Å². The van der Waals surface area contributed by atoms with Crippen LogP contribution in [0.5, 0.6) is 0 Å². The van der Waals surface area contributed by atoms with Crippen LogP contribution in [0.4, 0.5) is 5.82 Å². The summed E-state index contributed by atoms with van der Waals surface area (Å²) < 4.78 is 5.34. The van der Waals surface area contributed by atoms with E-state index in [9.17, 15) is 4.79 Å². The molecule has 0 aromatic carbocycles. The lowest BCUT2D eigenvalue weighted by molar-refractivity contribution is -0.120. The molecule has 6 heteroatoms. The molecule has 1 N–H and O–H groups in total. The third kappa shape index (κ3) is 4.11. The van der Waals surface area contributed by atoms with E-state index in [1.807, 2.05) is 25.3 Å². The van der Waals surface area contributed by atoms with Crippen molar-refractivity contribution in [2.24, 2.45) is 0 Å². The van der Waals surface area contributed by atoms with E-state index < -0.39 is 0 Å². The number of aromatic nitrogens is 1. The van der Waals surface area contributed by atoms with Gasteiger partial charge in [0.25, 0.3) is 0 Å². The largest absolute Gasteiger partial charge is 0.378 e. The van der Waals surface area contributed by atoms with Crippen LogP contribution in [0.2, 0.25) is 0 Å². The first-order valence-electron chi connectivity index (χ1n) is 6.79. The minimum absolute atomic E-state index is 0.0180. The van der Waals surface area contributed by atoms with Gasteiger partial charge in [0.05, 0.1) is 18.5 Å². The maximum atomic E-state index is 11.8. The van der Waals surface area contributed by atoms with Gasteiger partial charge in [-0.15, -0.1) is 0 Å². The topological polar surface area (TPSA) is 54.5 Å². The zero-order valence-electron chi connectivity index (χ0n) is 12.0. The number of amides is 1. The number of carbonyl (C=O) groups is 1. The lowest BCUT2D eigenvalue weighted by Gasteiger charge is -2.28. The molecule has 1 amide bonds. The molecule has 0 spiro atoms. The number of ether oxygens (including phenoxy) is 1. The molecule has 0 aliphatic carbocycles. The number of thioether (sulfide) groups is 1. The van der Waals surface area contributed by atoms with Crippen LogP contribution in [0.3, 0.4) is 0 Å². The van der Waals surface area contributed by atoms with Crippen molar-refractivity contribution in [1.29, 1.82) is 0 Å². The van der Waals surface area contributed by atoms with Crippen molar-refractivity contribution in [2.45, 2.75) is 18.7 Å². The molecule has 1 aromatic heterocycles. The van der Waals surface area contributed by atoms with Gasteiger partial charge in [-0.25, -0.2) is 4.98 Å². The molecule has 1 aliphatic heterocycles. The van der Waals surface area contributed by atoms with Crippen molar-refractivity contribution >= 4 is 23.5 Å². The summed E-state index contributed by atoms with van der Waals surface area (Å²) in [6.45, 7) is 5.68. The average Bonchev–Trinajstić information content (AvgIpc) is 2.53. The number of anilines is 1. The number of hydrogen-bond donors (Lipinski definition) is 1. The predicted octanol–water partition coefficient (Wildman–Crippen LogP) is 1.29. The van der Waals surface area contributed by atoms with Crippen molar-refractivity contribution in [3.8, 4) is 0 Å². The molecule has 1 fully saturated rings. The molecule has 1 aliphatic rings. The zero-order chi connectivity index (χ0) is 14.4. The summed E-state index contributed by atoms with van der Waals surface area (Å²) >= 11 is 1.55. The fourth-order valence-electron chi connectivity index (χ4n) is 1.98. The van der Waals surface area contributed by atoms with Gasteiger partial charge in [-0.3, -0.25) is 4.79 Å². The number of morpholine rings is 1. The molecule has 110 valence electrons.